The molecule has 2 aromatic rings. The third-order valence-electron chi connectivity index (χ3n) is 3.02. The number of hydrogen-bond donors (Lipinski definition) is 1. The van der Waals surface area contributed by atoms with Gasteiger partial charge >= 0.3 is 0 Å². The minimum absolute atomic E-state index is 0.127. The lowest BCUT2D eigenvalue weighted by Crippen LogP contribution is -2.22. The highest BCUT2D eigenvalue weighted by atomic mass is 35.5. The van der Waals surface area contributed by atoms with Crippen molar-refractivity contribution in [3.05, 3.63) is 58.3 Å². The van der Waals surface area contributed by atoms with Crippen molar-refractivity contribution in [2.45, 2.75) is 26.3 Å². The van der Waals surface area contributed by atoms with Crippen LogP contribution in [0.4, 0.5) is 4.39 Å². The van der Waals surface area contributed by atoms with Gasteiger partial charge < -0.3 is 9.73 Å². The maximum absolute atomic E-state index is 14.1. The van der Waals surface area contributed by atoms with Gasteiger partial charge in [-0.25, -0.2) is 4.39 Å². The fraction of sp³-hybridized carbons (Fsp3) is 0.333. The lowest BCUT2D eigenvalue weighted by Gasteiger charge is -2.17. The molecule has 2 nitrogen and oxygen atoms in total. The van der Waals surface area contributed by atoms with Gasteiger partial charge in [0.25, 0.3) is 0 Å². The number of hydrogen-bond acceptors (Lipinski definition) is 2. The monoisotopic (exact) mass is 281 g/mol. The quantitative estimate of drug-likeness (QED) is 0.882. The molecule has 102 valence electrons. The largest absolute Gasteiger partial charge is 0.464 e. The first kappa shape index (κ1) is 14.1. The molecule has 0 saturated carbocycles. The summed E-state index contributed by atoms with van der Waals surface area (Å²) in [5.41, 5.74) is 0.506. The molecule has 0 aliphatic heterocycles. The smallest absolute Gasteiger partial charge is 0.147 e. The van der Waals surface area contributed by atoms with E-state index in [-0.39, 0.29) is 11.1 Å². The summed E-state index contributed by atoms with van der Waals surface area (Å²) >= 11 is 5.84. The van der Waals surface area contributed by atoms with Crippen molar-refractivity contribution >= 4 is 11.6 Å². The normalized spacial score (nSPS) is 12.6. The van der Waals surface area contributed by atoms with Crippen LogP contribution in [-0.2, 0) is 6.42 Å². The van der Waals surface area contributed by atoms with Gasteiger partial charge in [-0.1, -0.05) is 37.6 Å². The van der Waals surface area contributed by atoms with Crippen molar-refractivity contribution in [3.63, 3.8) is 0 Å². The van der Waals surface area contributed by atoms with Crippen molar-refractivity contribution in [2.75, 3.05) is 6.54 Å². The van der Waals surface area contributed by atoms with Gasteiger partial charge in [0.1, 0.15) is 17.3 Å². The van der Waals surface area contributed by atoms with Gasteiger partial charge in [-0.15, -0.1) is 0 Å². The van der Waals surface area contributed by atoms with Crippen molar-refractivity contribution in [2.24, 2.45) is 0 Å². The molecule has 0 aliphatic carbocycles. The highest BCUT2D eigenvalue weighted by Gasteiger charge is 2.21. The Bertz CT molecular complexity index is 553. The zero-order chi connectivity index (χ0) is 13.8. The van der Waals surface area contributed by atoms with Crippen LogP contribution in [0.3, 0.4) is 0 Å². The number of rotatable bonds is 5. The Morgan fingerprint density at radius 2 is 2.05 bits per heavy atom. The second-order valence-electron chi connectivity index (χ2n) is 4.29. The van der Waals surface area contributed by atoms with E-state index >= 15 is 0 Å². The van der Waals surface area contributed by atoms with E-state index < -0.39 is 5.82 Å². The van der Waals surface area contributed by atoms with Crippen LogP contribution >= 0.6 is 11.6 Å². The Balaban J connectivity index is 2.42. The molecule has 1 heterocycles. The summed E-state index contributed by atoms with van der Waals surface area (Å²) in [5, 5.41) is 3.36. The second kappa shape index (κ2) is 6.22. The highest BCUT2D eigenvalue weighted by molar-refractivity contribution is 6.30. The van der Waals surface area contributed by atoms with Crippen LogP contribution < -0.4 is 5.32 Å². The van der Waals surface area contributed by atoms with Gasteiger partial charge in [0.2, 0.25) is 0 Å². The van der Waals surface area contributed by atoms with Crippen LogP contribution in [0, 0.1) is 5.82 Å². The van der Waals surface area contributed by atoms with Gasteiger partial charge in [-0.3, -0.25) is 0 Å². The minimum atomic E-state index is -0.399. The maximum Gasteiger partial charge on any atom is 0.147 e. The van der Waals surface area contributed by atoms with E-state index in [1.165, 1.54) is 0 Å². The number of nitrogens with one attached hydrogen (secondary N) is 1. The molecule has 4 heteroatoms. The van der Waals surface area contributed by atoms with E-state index in [2.05, 4.69) is 5.32 Å². The Kier molecular flexibility index (Phi) is 4.61. The first-order valence-electron chi connectivity index (χ1n) is 6.43. The molecule has 2 rings (SSSR count). The summed E-state index contributed by atoms with van der Waals surface area (Å²) in [6.07, 6.45) is 0.816. The predicted molar refractivity (Wildman–Crippen MR) is 75.0 cm³/mol. The van der Waals surface area contributed by atoms with E-state index in [1.54, 1.807) is 18.2 Å². The van der Waals surface area contributed by atoms with Crippen LogP contribution in [-0.4, -0.2) is 6.54 Å². The van der Waals surface area contributed by atoms with Gasteiger partial charge in [-0.2, -0.15) is 0 Å². The molecule has 0 spiro atoms. The van der Waals surface area contributed by atoms with Gasteiger partial charge in [0, 0.05) is 12.0 Å². The van der Waals surface area contributed by atoms with Crippen molar-refractivity contribution < 1.29 is 8.81 Å². The van der Waals surface area contributed by atoms with Crippen molar-refractivity contribution in [1.82, 2.24) is 5.32 Å². The van der Waals surface area contributed by atoms with Crippen LogP contribution in [0.2, 0.25) is 5.02 Å². The van der Waals surface area contributed by atoms with E-state index in [1.807, 2.05) is 26.0 Å². The molecule has 0 aliphatic rings. The summed E-state index contributed by atoms with van der Waals surface area (Å²) in [6, 6.07) is 8.50. The molecule has 1 unspecified atom stereocenters. The van der Waals surface area contributed by atoms with Crippen LogP contribution in [0.1, 0.15) is 37.0 Å². The summed E-state index contributed by atoms with van der Waals surface area (Å²) in [7, 11) is 0. The highest BCUT2D eigenvalue weighted by Crippen LogP contribution is 2.29. The van der Waals surface area contributed by atoms with Crippen molar-refractivity contribution in [3.8, 4) is 0 Å². The zero-order valence-electron chi connectivity index (χ0n) is 11.0. The first-order valence-corrected chi connectivity index (χ1v) is 6.81. The average molecular weight is 282 g/mol. The van der Waals surface area contributed by atoms with Gasteiger partial charge in [-0.05, 0) is 24.7 Å². The molecule has 0 saturated heterocycles. The number of furan rings is 1. The zero-order valence-corrected chi connectivity index (χ0v) is 11.8. The Hall–Kier alpha value is -1.32. The molecule has 1 aromatic heterocycles. The molecule has 1 N–H and O–H groups in total. The number of aryl methyl sites for hydroxylation is 1. The molecule has 0 bridgehead atoms. The standard InChI is InChI=1S/C15H17ClFNO/c1-3-10-8-9-13(19-10)15(18-4-2)11-6-5-7-12(16)14(11)17/h5-9,15,18H,3-4H2,1-2H3. The summed E-state index contributed by atoms with van der Waals surface area (Å²) in [6.45, 7) is 4.70. The summed E-state index contributed by atoms with van der Waals surface area (Å²) < 4.78 is 19.9. The third kappa shape index (κ3) is 2.99. The molecule has 0 radical (unpaired) electrons. The summed E-state index contributed by atoms with van der Waals surface area (Å²) in [4.78, 5) is 0. The van der Waals surface area contributed by atoms with E-state index in [9.17, 15) is 4.39 Å². The topological polar surface area (TPSA) is 25.2 Å². The fourth-order valence-corrected chi connectivity index (χ4v) is 2.23. The van der Waals surface area contributed by atoms with Crippen LogP contribution in [0.15, 0.2) is 34.7 Å². The second-order valence-corrected chi connectivity index (χ2v) is 4.70. The lowest BCUT2D eigenvalue weighted by molar-refractivity contribution is 0.418. The maximum atomic E-state index is 14.1. The summed E-state index contributed by atoms with van der Waals surface area (Å²) in [5.74, 6) is 1.20. The Labute approximate surface area is 117 Å². The Morgan fingerprint density at radius 1 is 1.26 bits per heavy atom. The fourth-order valence-electron chi connectivity index (χ4n) is 2.05. The Morgan fingerprint density at radius 3 is 2.68 bits per heavy atom. The molecule has 19 heavy (non-hydrogen) atoms. The molecular weight excluding hydrogens is 265 g/mol. The molecule has 0 amide bonds. The third-order valence-corrected chi connectivity index (χ3v) is 3.31. The van der Waals surface area contributed by atoms with Crippen LogP contribution in [0.25, 0.3) is 0 Å². The molecule has 1 atom stereocenters. The SMILES string of the molecule is CCNC(c1ccc(CC)o1)c1cccc(Cl)c1F. The average Bonchev–Trinajstić information content (AvgIpc) is 2.88. The molecular formula is C15H17ClFNO. The van der Waals surface area contributed by atoms with Crippen molar-refractivity contribution in [1.29, 1.82) is 0 Å². The van der Waals surface area contributed by atoms with E-state index in [4.69, 9.17) is 16.0 Å². The number of benzene rings is 1. The molecule has 0 fully saturated rings. The minimum Gasteiger partial charge on any atom is -0.464 e. The van der Waals surface area contributed by atoms with Gasteiger partial charge in [0.05, 0.1) is 11.1 Å². The lowest BCUT2D eigenvalue weighted by atomic mass is 10.0. The van der Waals surface area contributed by atoms with Gasteiger partial charge in [0.15, 0.2) is 0 Å². The number of halogens is 2. The van der Waals surface area contributed by atoms with E-state index in [0.717, 1.165) is 12.2 Å². The first-order chi connectivity index (χ1) is 9.17. The predicted octanol–water partition coefficient (Wildman–Crippen LogP) is 4.33. The van der Waals surface area contributed by atoms with Crippen LogP contribution in [0.5, 0.6) is 0 Å². The molecule has 1 aromatic carbocycles. The van der Waals surface area contributed by atoms with E-state index in [0.29, 0.717) is 17.9 Å².